The summed E-state index contributed by atoms with van der Waals surface area (Å²) in [5, 5.41) is 0. The highest BCUT2D eigenvalue weighted by Crippen LogP contribution is 1.98. The Morgan fingerprint density at radius 1 is 0.750 bits per heavy atom. The first-order valence-corrected chi connectivity index (χ1v) is 4.53. The van der Waals surface area contributed by atoms with Crippen molar-refractivity contribution in [3.8, 4) is 0 Å². The fraction of sp³-hybridized carbons (Fsp3) is 0.333. The van der Waals surface area contributed by atoms with E-state index in [2.05, 4.69) is 42.5 Å². The average molecular weight is 159 g/mol. The maximum Gasteiger partial charge on any atom is -0.0241 e. The van der Waals surface area contributed by atoms with Gasteiger partial charge in [-0.25, -0.2) is 0 Å². The van der Waals surface area contributed by atoms with Crippen molar-refractivity contribution in [3.05, 3.63) is 48.6 Å². The molecule has 12 heavy (non-hydrogen) atoms. The topological polar surface area (TPSA) is 0 Å². The Bertz CT molecular complexity index is 156. The molecule has 0 nitrogen and oxygen atoms in total. The quantitative estimate of drug-likeness (QED) is 0.506. The standard InChI is InChI=1S/C12H15/c1-2-4-6-8-10-12-11-9-7-5-3-1/h1-4,9,11-12H,5-8H2/b3-1+,4-2-,11-9+,12-10?. The number of rotatable bonds is 0. The van der Waals surface area contributed by atoms with Crippen LogP contribution in [0.4, 0.5) is 0 Å². The minimum Gasteiger partial charge on any atom is -0.0842 e. The van der Waals surface area contributed by atoms with Gasteiger partial charge in [0.15, 0.2) is 0 Å². The Morgan fingerprint density at radius 2 is 1.42 bits per heavy atom. The third kappa shape index (κ3) is 4.73. The van der Waals surface area contributed by atoms with Crippen molar-refractivity contribution in [3.63, 3.8) is 0 Å². The second-order valence-corrected chi connectivity index (χ2v) is 2.77. The van der Waals surface area contributed by atoms with E-state index in [1.54, 1.807) is 0 Å². The van der Waals surface area contributed by atoms with E-state index in [-0.39, 0.29) is 0 Å². The maximum atomic E-state index is 3.22. The summed E-state index contributed by atoms with van der Waals surface area (Å²) in [6.45, 7) is 0. The van der Waals surface area contributed by atoms with Gasteiger partial charge < -0.3 is 0 Å². The van der Waals surface area contributed by atoms with Crippen molar-refractivity contribution >= 4 is 0 Å². The normalized spacial score (nSPS) is 29.3. The first-order chi connectivity index (χ1) is 6.00. The molecule has 0 fully saturated rings. The van der Waals surface area contributed by atoms with E-state index < -0.39 is 0 Å². The zero-order valence-electron chi connectivity index (χ0n) is 7.37. The fourth-order valence-corrected chi connectivity index (χ4v) is 1.02. The monoisotopic (exact) mass is 159 g/mol. The van der Waals surface area contributed by atoms with Crippen LogP contribution in [0.2, 0.25) is 0 Å². The van der Waals surface area contributed by atoms with Crippen LogP contribution in [0.3, 0.4) is 0 Å². The van der Waals surface area contributed by atoms with Crippen molar-refractivity contribution in [2.24, 2.45) is 0 Å². The maximum absolute atomic E-state index is 3.22. The minimum atomic E-state index is 1.02. The van der Waals surface area contributed by atoms with E-state index in [1.807, 2.05) is 6.08 Å². The fourth-order valence-electron chi connectivity index (χ4n) is 1.02. The van der Waals surface area contributed by atoms with E-state index in [4.69, 9.17) is 0 Å². The Labute approximate surface area is 75.0 Å². The van der Waals surface area contributed by atoms with Crippen LogP contribution in [0.15, 0.2) is 42.5 Å². The predicted octanol–water partition coefficient (Wildman–Crippen LogP) is 3.59. The van der Waals surface area contributed by atoms with E-state index in [0.29, 0.717) is 0 Å². The molecule has 1 aliphatic rings. The van der Waals surface area contributed by atoms with Crippen LogP contribution >= 0.6 is 0 Å². The van der Waals surface area contributed by atoms with Crippen molar-refractivity contribution < 1.29 is 0 Å². The second-order valence-electron chi connectivity index (χ2n) is 2.77. The summed E-state index contributed by atoms with van der Waals surface area (Å²) >= 11 is 0. The van der Waals surface area contributed by atoms with Crippen LogP contribution in [-0.4, -0.2) is 0 Å². The van der Waals surface area contributed by atoms with E-state index in [9.17, 15) is 0 Å². The molecule has 1 radical (unpaired) electrons. The number of hydrogen-bond donors (Lipinski definition) is 0. The van der Waals surface area contributed by atoms with Crippen LogP contribution in [0.25, 0.3) is 0 Å². The molecule has 0 bridgehead atoms. The van der Waals surface area contributed by atoms with Crippen LogP contribution < -0.4 is 0 Å². The highest BCUT2D eigenvalue weighted by molar-refractivity contribution is 5.06. The molecular formula is C12H15. The zero-order valence-corrected chi connectivity index (χ0v) is 7.37. The summed E-state index contributed by atoms with van der Waals surface area (Å²) < 4.78 is 0. The van der Waals surface area contributed by atoms with Gasteiger partial charge in [0, 0.05) is 0 Å². The van der Waals surface area contributed by atoms with Gasteiger partial charge in [0.2, 0.25) is 0 Å². The SMILES string of the molecule is [C]1=C\C=C\CC/C=C/C=C\CC/1. The zero-order chi connectivity index (χ0) is 8.49. The van der Waals surface area contributed by atoms with Gasteiger partial charge in [-0.05, 0) is 31.8 Å². The van der Waals surface area contributed by atoms with Crippen molar-refractivity contribution in [1.29, 1.82) is 0 Å². The Morgan fingerprint density at radius 3 is 2.25 bits per heavy atom. The lowest BCUT2D eigenvalue weighted by molar-refractivity contribution is 1.02. The van der Waals surface area contributed by atoms with E-state index in [0.717, 1.165) is 25.7 Å². The Kier molecular flexibility index (Phi) is 5.02. The number of hydrogen-bond acceptors (Lipinski definition) is 0. The van der Waals surface area contributed by atoms with Crippen molar-refractivity contribution in [2.45, 2.75) is 25.7 Å². The van der Waals surface area contributed by atoms with Gasteiger partial charge in [-0.1, -0.05) is 42.5 Å². The predicted molar refractivity (Wildman–Crippen MR) is 53.7 cm³/mol. The molecule has 0 aromatic heterocycles. The highest BCUT2D eigenvalue weighted by atomic mass is 13.8. The van der Waals surface area contributed by atoms with Gasteiger partial charge in [0.1, 0.15) is 0 Å². The third-order valence-corrected chi connectivity index (χ3v) is 1.69. The van der Waals surface area contributed by atoms with Crippen LogP contribution in [0, 0.1) is 6.08 Å². The lowest BCUT2D eigenvalue weighted by Gasteiger charge is -1.87. The molecule has 0 atom stereocenters. The Balaban J connectivity index is 2.40. The van der Waals surface area contributed by atoms with Crippen LogP contribution in [0.5, 0.6) is 0 Å². The molecule has 0 heterocycles. The molecule has 0 aliphatic heterocycles. The molecule has 0 N–H and O–H groups in total. The summed E-state index contributed by atoms with van der Waals surface area (Å²) in [5.41, 5.74) is 0. The lowest BCUT2D eigenvalue weighted by Crippen LogP contribution is -1.68. The molecule has 0 heteroatoms. The summed E-state index contributed by atoms with van der Waals surface area (Å²) in [7, 11) is 0. The molecule has 0 unspecified atom stereocenters. The van der Waals surface area contributed by atoms with E-state index >= 15 is 0 Å². The largest absolute Gasteiger partial charge is 0.0842 e. The second kappa shape index (κ2) is 6.66. The summed E-state index contributed by atoms with van der Waals surface area (Å²) in [6, 6.07) is 0. The molecule has 0 saturated carbocycles. The molecule has 1 rings (SSSR count). The highest BCUT2D eigenvalue weighted by Gasteiger charge is 1.78. The molecule has 0 amide bonds. The smallest absolute Gasteiger partial charge is 0.0241 e. The number of allylic oxidation sites excluding steroid dienone is 8. The molecular weight excluding hydrogens is 144 g/mol. The minimum absolute atomic E-state index is 1.02. The van der Waals surface area contributed by atoms with Crippen LogP contribution in [-0.2, 0) is 0 Å². The molecule has 0 aromatic carbocycles. The summed E-state index contributed by atoms with van der Waals surface area (Å²) in [6.07, 6.45) is 22.5. The molecule has 0 aromatic rings. The van der Waals surface area contributed by atoms with Crippen LogP contribution in [0.1, 0.15) is 25.7 Å². The van der Waals surface area contributed by atoms with Crippen molar-refractivity contribution in [2.75, 3.05) is 0 Å². The lowest BCUT2D eigenvalue weighted by atomic mass is 10.2. The van der Waals surface area contributed by atoms with Crippen molar-refractivity contribution in [1.82, 2.24) is 0 Å². The van der Waals surface area contributed by atoms with Gasteiger partial charge in [0.25, 0.3) is 0 Å². The summed E-state index contributed by atoms with van der Waals surface area (Å²) in [4.78, 5) is 0. The summed E-state index contributed by atoms with van der Waals surface area (Å²) in [5.74, 6) is 0. The van der Waals surface area contributed by atoms with E-state index in [1.165, 1.54) is 0 Å². The Hall–Kier alpha value is -1.04. The molecule has 1 aliphatic carbocycles. The van der Waals surface area contributed by atoms with Gasteiger partial charge in [-0.15, -0.1) is 0 Å². The van der Waals surface area contributed by atoms with Gasteiger partial charge in [-0.3, -0.25) is 0 Å². The third-order valence-electron chi connectivity index (χ3n) is 1.69. The first-order valence-electron chi connectivity index (χ1n) is 4.53. The molecule has 0 spiro atoms. The van der Waals surface area contributed by atoms with Gasteiger partial charge in [0.05, 0.1) is 0 Å². The average Bonchev–Trinajstić information content (AvgIpc) is 2.05. The molecule has 63 valence electrons. The van der Waals surface area contributed by atoms with Gasteiger partial charge >= 0.3 is 0 Å². The molecule has 0 saturated heterocycles. The first kappa shape index (κ1) is 9.05. The van der Waals surface area contributed by atoms with Gasteiger partial charge in [-0.2, -0.15) is 0 Å².